The Labute approximate surface area is 163 Å². The lowest BCUT2D eigenvalue weighted by atomic mass is 10.1. The van der Waals surface area contributed by atoms with Gasteiger partial charge in [0, 0.05) is 17.5 Å². The summed E-state index contributed by atoms with van der Waals surface area (Å²) >= 11 is 0. The topological polar surface area (TPSA) is 67.3 Å². The average Bonchev–Trinajstić information content (AvgIpc) is 2.77. The van der Waals surface area contributed by atoms with E-state index in [1.54, 1.807) is 0 Å². The molecule has 0 radical (unpaired) electrons. The highest BCUT2D eigenvalue weighted by molar-refractivity contribution is 5.90. The average molecular weight is 371 g/mol. The molecule has 0 aliphatic rings. The van der Waals surface area contributed by atoms with Gasteiger partial charge in [-0.2, -0.15) is 0 Å². The first-order chi connectivity index (χ1) is 13.8. The van der Waals surface area contributed by atoms with Crippen molar-refractivity contribution >= 4 is 16.7 Å². The van der Waals surface area contributed by atoms with E-state index in [2.05, 4.69) is 5.32 Å². The minimum Gasteiger partial charge on any atom is -0.491 e. The Bertz CT molecular complexity index is 1050. The van der Waals surface area contributed by atoms with E-state index in [0.29, 0.717) is 19.0 Å². The fraction of sp³-hybridized carbons (Fsp3) is 0.130. The van der Waals surface area contributed by atoms with E-state index in [1.165, 1.54) is 0 Å². The lowest BCUT2D eigenvalue weighted by Crippen LogP contribution is -2.05. The van der Waals surface area contributed by atoms with Gasteiger partial charge in [0.05, 0.1) is 12.1 Å². The number of nitrogens with zero attached hydrogens (tertiary/aromatic N) is 2. The molecule has 0 fully saturated rings. The summed E-state index contributed by atoms with van der Waals surface area (Å²) < 4.78 is 5.40. The number of para-hydroxylation sites is 1. The molecule has 0 unspecified atom stereocenters. The molecule has 1 aromatic heterocycles. The maximum atomic E-state index is 8.84. The van der Waals surface area contributed by atoms with Crippen molar-refractivity contribution in [2.45, 2.75) is 6.54 Å². The number of aliphatic hydroxyl groups excluding tert-OH is 1. The smallest absolute Gasteiger partial charge is 0.162 e. The number of aliphatic hydroxyl groups is 1. The van der Waals surface area contributed by atoms with Crippen LogP contribution in [-0.4, -0.2) is 28.3 Å². The molecule has 0 saturated carbocycles. The lowest BCUT2D eigenvalue weighted by molar-refractivity contribution is 0.201. The van der Waals surface area contributed by atoms with Gasteiger partial charge in [0.15, 0.2) is 5.82 Å². The molecular weight excluding hydrogens is 350 g/mol. The van der Waals surface area contributed by atoms with Gasteiger partial charge in [-0.25, -0.2) is 9.97 Å². The van der Waals surface area contributed by atoms with Crippen LogP contribution in [0.4, 0.5) is 5.82 Å². The van der Waals surface area contributed by atoms with Crippen LogP contribution in [0.5, 0.6) is 5.75 Å². The molecule has 1 heterocycles. The van der Waals surface area contributed by atoms with E-state index in [0.717, 1.165) is 33.6 Å². The van der Waals surface area contributed by atoms with Crippen LogP contribution in [0.25, 0.3) is 22.3 Å². The normalized spacial score (nSPS) is 10.8. The molecule has 0 aliphatic heterocycles. The van der Waals surface area contributed by atoms with Crippen molar-refractivity contribution in [1.29, 1.82) is 0 Å². The first kappa shape index (κ1) is 17.9. The predicted molar refractivity (Wildman–Crippen MR) is 111 cm³/mol. The molecule has 28 heavy (non-hydrogen) atoms. The molecule has 0 bridgehead atoms. The number of fused-ring (bicyclic) bond motifs is 1. The second kappa shape index (κ2) is 8.50. The van der Waals surface area contributed by atoms with E-state index in [4.69, 9.17) is 19.8 Å². The lowest BCUT2D eigenvalue weighted by Gasteiger charge is -2.12. The molecule has 4 rings (SSSR count). The summed E-state index contributed by atoms with van der Waals surface area (Å²) in [6.07, 6.45) is 0. The number of rotatable bonds is 7. The minimum absolute atomic E-state index is 0.00778. The van der Waals surface area contributed by atoms with Crippen LogP contribution in [0.1, 0.15) is 5.56 Å². The molecule has 0 spiro atoms. The van der Waals surface area contributed by atoms with Gasteiger partial charge in [-0.3, -0.25) is 0 Å². The summed E-state index contributed by atoms with van der Waals surface area (Å²) in [6.45, 7) is 0.941. The number of ether oxygens (including phenoxy) is 1. The third kappa shape index (κ3) is 4.10. The molecular formula is C23H21N3O2. The van der Waals surface area contributed by atoms with E-state index in [1.807, 2.05) is 78.9 Å². The van der Waals surface area contributed by atoms with E-state index < -0.39 is 0 Å². The van der Waals surface area contributed by atoms with Crippen LogP contribution < -0.4 is 10.1 Å². The highest BCUT2D eigenvalue weighted by Gasteiger charge is 2.09. The molecule has 4 aromatic rings. The number of anilines is 1. The van der Waals surface area contributed by atoms with Gasteiger partial charge in [0.1, 0.15) is 18.2 Å². The summed E-state index contributed by atoms with van der Waals surface area (Å²) in [6, 6.07) is 25.8. The Morgan fingerprint density at radius 2 is 1.57 bits per heavy atom. The Morgan fingerprint density at radius 1 is 0.821 bits per heavy atom. The zero-order valence-electron chi connectivity index (χ0n) is 15.4. The van der Waals surface area contributed by atoms with Gasteiger partial charge in [-0.1, -0.05) is 54.6 Å². The molecule has 5 heteroatoms. The third-order valence-electron chi connectivity index (χ3n) is 4.38. The third-order valence-corrected chi connectivity index (χ3v) is 4.38. The Kier molecular flexibility index (Phi) is 5.45. The maximum absolute atomic E-state index is 8.84. The molecule has 5 nitrogen and oxygen atoms in total. The first-order valence-electron chi connectivity index (χ1n) is 9.22. The second-order valence-corrected chi connectivity index (χ2v) is 6.35. The minimum atomic E-state index is 0.00778. The molecule has 0 atom stereocenters. The second-order valence-electron chi connectivity index (χ2n) is 6.35. The van der Waals surface area contributed by atoms with Crippen molar-refractivity contribution in [1.82, 2.24) is 9.97 Å². The molecule has 2 N–H and O–H groups in total. The van der Waals surface area contributed by atoms with Crippen molar-refractivity contribution in [2.75, 3.05) is 18.5 Å². The summed E-state index contributed by atoms with van der Waals surface area (Å²) in [4.78, 5) is 9.48. The van der Waals surface area contributed by atoms with Crippen LogP contribution in [0.15, 0.2) is 78.9 Å². The highest BCUT2D eigenvalue weighted by Crippen LogP contribution is 2.25. The zero-order chi connectivity index (χ0) is 19.2. The van der Waals surface area contributed by atoms with Crippen molar-refractivity contribution in [2.24, 2.45) is 0 Å². The van der Waals surface area contributed by atoms with Crippen LogP contribution in [0, 0.1) is 0 Å². The Morgan fingerprint density at radius 3 is 2.36 bits per heavy atom. The van der Waals surface area contributed by atoms with Gasteiger partial charge >= 0.3 is 0 Å². The van der Waals surface area contributed by atoms with E-state index in [9.17, 15) is 0 Å². The standard InChI is InChI=1S/C23H21N3O2/c27-14-15-28-19-12-10-17(11-13-19)16-24-23-20-8-4-5-9-21(20)25-22(26-23)18-6-2-1-3-7-18/h1-13,27H,14-16H2,(H,24,25,26). The van der Waals surface area contributed by atoms with Gasteiger partial charge in [-0.05, 0) is 29.8 Å². The molecule has 3 aromatic carbocycles. The number of hydrogen-bond donors (Lipinski definition) is 2. The van der Waals surface area contributed by atoms with Crippen molar-refractivity contribution < 1.29 is 9.84 Å². The summed E-state index contributed by atoms with van der Waals surface area (Å²) in [5, 5.41) is 13.3. The molecule has 0 amide bonds. The zero-order valence-corrected chi connectivity index (χ0v) is 15.4. The van der Waals surface area contributed by atoms with E-state index >= 15 is 0 Å². The van der Waals surface area contributed by atoms with Crippen molar-refractivity contribution in [3.8, 4) is 17.1 Å². The highest BCUT2D eigenvalue weighted by atomic mass is 16.5. The maximum Gasteiger partial charge on any atom is 0.162 e. The number of benzene rings is 3. The van der Waals surface area contributed by atoms with Gasteiger partial charge < -0.3 is 15.2 Å². The number of nitrogens with one attached hydrogen (secondary N) is 1. The fourth-order valence-corrected chi connectivity index (χ4v) is 2.98. The molecule has 0 aliphatic carbocycles. The Hall–Kier alpha value is -3.44. The largest absolute Gasteiger partial charge is 0.491 e. The fourth-order valence-electron chi connectivity index (χ4n) is 2.98. The van der Waals surface area contributed by atoms with Gasteiger partial charge in [0.2, 0.25) is 0 Å². The molecule has 0 saturated heterocycles. The SMILES string of the molecule is OCCOc1ccc(CNc2nc(-c3ccccc3)nc3ccccc23)cc1. The van der Waals surface area contributed by atoms with Crippen LogP contribution in [0.2, 0.25) is 0 Å². The van der Waals surface area contributed by atoms with Gasteiger partial charge in [0.25, 0.3) is 0 Å². The first-order valence-corrected chi connectivity index (χ1v) is 9.22. The van der Waals surface area contributed by atoms with Crippen molar-refractivity contribution in [3.63, 3.8) is 0 Å². The van der Waals surface area contributed by atoms with Crippen LogP contribution in [0.3, 0.4) is 0 Å². The summed E-state index contributed by atoms with van der Waals surface area (Å²) in [5.41, 5.74) is 3.01. The molecule has 140 valence electrons. The van der Waals surface area contributed by atoms with Gasteiger partial charge in [-0.15, -0.1) is 0 Å². The number of hydrogen-bond acceptors (Lipinski definition) is 5. The van der Waals surface area contributed by atoms with Crippen LogP contribution in [-0.2, 0) is 6.54 Å². The monoisotopic (exact) mass is 371 g/mol. The van der Waals surface area contributed by atoms with Crippen molar-refractivity contribution in [3.05, 3.63) is 84.4 Å². The number of aromatic nitrogens is 2. The predicted octanol–water partition coefficient (Wildman–Crippen LogP) is 4.28. The summed E-state index contributed by atoms with van der Waals surface area (Å²) in [5.74, 6) is 2.26. The quantitative estimate of drug-likeness (QED) is 0.508. The summed E-state index contributed by atoms with van der Waals surface area (Å²) in [7, 11) is 0. The van der Waals surface area contributed by atoms with E-state index in [-0.39, 0.29) is 6.61 Å². The van der Waals surface area contributed by atoms with Crippen LogP contribution >= 0.6 is 0 Å². The Balaban J connectivity index is 1.59.